The Morgan fingerprint density at radius 3 is 2.09 bits per heavy atom. The smallest absolute Gasteiger partial charge is 0.244 e. The van der Waals surface area contributed by atoms with Gasteiger partial charge in [-0.15, -0.1) is 0 Å². The van der Waals surface area contributed by atoms with Gasteiger partial charge >= 0.3 is 0 Å². The molecule has 0 saturated carbocycles. The van der Waals surface area contributed by atoms with Crippen LogP contribution in [-0.4, -0.2) is 50.0 Å². The summed E-state index contributed by atoms with van der Waals surface area (Å²) < 4.78 is 27.2. The summed E-state index contributed by atoms with van der Waals surface area (Å²) in [5, 5.41) is 3.62. The first-order chi connectivity index (χ1) is 16.4. The van der Waals surface area contributed by atoms with Gasteiger partial charge in [-0.3, -0.25) is 13.9 Å². The zero-order chi connectivity index (χ0) is 26.3. The number of rotatable bonds is 11. The molecule has 2 atom stereocenters. The van der Waals surface area contributed by atoms with Gasteiger partial charge in [-0.2, -0.15) is 0 Å². The van der Waals surface area contributed by atoms with Crippen molar-refractivity contribution in [1.29, 1.82) is 0 Å². The Bertz CT molecular complexity index is 1130. The van der Waals surface area contributed by atoms with Crippen molar-refractivity contribution in [2.45, 2.75) is 52.2 Å². The minimum Gasteiger partial charge on any atom is -0.352 e. The molecule has 192 valence electrons. The largest absolute Gasteiger partial charge is 0.352 e. The van der Waals surface area contributed by atoms with E-state index in [1.807, 2.05) is 13.8 Å². The number of halogens is 3. The van der Waals surface area contributed by atoms with E-state index >= 15 is 0 Å². The second-order valence-electron chi connectivity index (χ2n) is 8.21. The number of hydrogen-bond donors (Lipinski definition) is 1. The first-order valence-corrected chi connectivity index (χ1v) is 14.8. The number of benzene rings is 2. The third-order valence-corrected chi connectivity index (χ3v) is 8.14. The molecule has 0 bridgehead atoms. The normalized spacial score (nSPS) is 13.1. The highest BCUT2D eigenvalue weighted by atomic mass is 127. The molecule has 2 aromatic carbocycles. The molecule has 0 spiro atoms. The van der Waals surface area contributed by atoms with Crippen LogP contribution in [0, 0.1) is 3.57 Å². The van der Waals surface area contributed by atoms with Crippen LogP contribution < -0.4 is 9.62 Å². The van der Waals surface area contributed by atoms with E-state index in [2.05, 4.69) is 27.9 Å². The predicted molar refractivity (Wildman–Crippen MR) is 150 cm³/mol. The summed E-state index contributed by atoms with van der Waals surface area (Å²) in [6.45, 7) is 5.10. The molecule has 0 heterocycles. The van der Waals surface area contributed by atoms with Gasteiger partial charge in [-0.05, 0) is 78.8 Å². The lowest BCUT2D eigenvalue weighted by Gasteiger charge is -2.33. The molecule has 0 aromatic heterocycles. The Morgan fingerprint density at radius 1 is 1.03 bits per heavy atom. The summed E-state index contributed by atoms with van der Waals surface area (Å²) in [7, 11) is -3.79. The molecule has 0 fully saturated rings. The zero-order valence-corrected chi connectivity index (χ0v) is 24.6. The van der Waals surface area contributed by atoms with Gasteiger partial charge in [0.25, 0.3) is 0 Å². The topological polar surface area (TPSA) is 86.8 Å². The first kappa shape index (κ1) is 29.7. The maximum absolute atomic E-state index is 13.7. The van der Waals surface area contributed by atoms with Crippen molar-refractivity contribution in [2.24, 2.45) is 0 Å². The number of hydrogen-bond acceptors (Lipinski definition) is 4. The molecule has 0 unspecified atom stereocenters. The number of carbonyl (C=O) groups excluding carboxylic acids is 2. The lowest BCUT2D eigenvalue weighted by molar-refractivity contribution is -0.140. The van der Waals surface area contributed by atoms with Crippen LogP contribution in [0.2, 0.25) is 10.0 Å². The highest BCUT2D eigenvalue weighted by Crippen LogP contribution is 2.28. The number of amides is 2. The van der Waals surface area contributed by atoms with Crippen molar-refractivity contribution in [3.63, 3.8) is 0 Å². The third kappa shape index (κ3) is 8.23. The Balaban J connectivity index is 2.49. The van der Waals surface area contributed by atoms with Crippen LogP contribution in [0.5, 0.6) is 0 Å². The molecule has 2 rings (SSSR count). The average Bonchev–Trinajstić information content (AvgIpc) is 2.78. The molecule has 1 N–H and O–H groups in total. The molecule has 0 aliphatic carbocycles. The van der Waals surface area contributed by atoms with Crippen LogP contribution in [0.3, 0.4) is 0 Å². The Morgan fingerprint density at radius 2 is 1.60 bits per heavy atom. The van der Waals surface area contributed by atoms with Gasteiger partial charge in [0.1, 0.15) is 12.6 Å². The van der Waals surface area contributed by atoms with E-state index in [1.165, 1.54) is 4.90 Å². The van der Waals surface area contributed by atoms with Crippen LogP contribution >= 0.6 is 45.8 Å². The van der Waals surface area contributed by atoms with E-state index in [0.717, 1.165) is 20.6 Å². The van der Waals surface area contributed by atoms with Crippen molar-refractivity contribution < 1.29 is 18.0 Å². The van der Waals surface area contributed by atoms with Gasteiger partial charge in [0, 0.05) is 31.8 Å². The van der Waals surface area contributed by atoms with E-state index < -0.39 is 28.5 Å². The van der Waals surface area contributed by atoms with Crippen LogP contribution in [0.1, 0.15) is 39.2 Å². The molecule has 0 saturated heterocycles. The quantitative estimate of drug-likeness (QED) is 0.343. The van der Waals surface area contributed by atoms with Crippen LogP contribution in [0.4, 0.5) is 5.69 Å². The molecule has 7 nitrogen and oxygen atoms in total. The molecule has 11 heteroatoms. The van der Waals surface area contributed by atoms with Gasteiger partial charge in [-0.1, -0.05) is 43.1 Å². The average molecular weight is 654 g/mol. The molecular weight excluding hydrogens is 624 g/mol. The Kier molecular flexibility index (Phi) is 11.1. The molecule has 0 radical (unpaired) electrons. The predicted octanol–water partition coefficient (Wildman–Crippen LogP) is 5.09. The number of nitrogens with one attached hydrogen (secondary N) is 1. The minimum atomic E-state index is -3.79. The van der Waals surface area contributed by atoms with Crippen LogP contribution in [-0.2, 0) is 26.2 Å². The van der Waals surface area contributed by atoms with E-state index in [1.54, 1.807) is 49.4 Å². The standard InChI is InChI=1S/C24H30Cl2IN3O4S/c1-5-16(3)28-24(32)22(6-2)29(14-19-20(25)8-7-9-21(19)26)23(31)15-30(35(4,33)34)18-12-10-17(27)11-13-18/h7-13,16,22H,5-6,14-15H2,1-4H3,(H,28,32)/t16-,22-/m1/s1. The van der Waals surface area contributed by atoms with E-state index in [-0.39, 0.29) is 18.5 Å². The number of anilines is 1. The number of carbonyl (C=O) groups is 2. The van der Waals surface area contributed by atoms with Crippen molar-refractivity contribution >= 4 is 73.3 Å². The highest BCUT2D eigenvalue weighted by molar-refractivity contribution is 14.1. The molecule has 2 aromatic rings. The first-order valence-electron chi connectivity index (χ1n) is 11.1. The van der Waals surface area contributed by atoms with Crippen molar-refractivity contribution in [3.05, 3.63) is 61.6 Å². The monoisotopic (exact) mass is 653 g/mol. The molecule has 35 heavy (non-hydrogen) atoms. The summed E-state index contributed by atoms with van der Waals surface area (Å²) >= 11 is 14.9. The second kappa shape index (κ2) is 13.1. The van der Waals surface area contributed by atoms with Crippen molar-refractivity contribution in [2.75, 3.05) is 17.1 Å². The van der Waals surface area contributed by atoms with E-state index in [9.17, 15) is 18.0 Å². The summed E-state index contributed by atoms with van der Waals surface area (Å²) in [5.74, 6) is -0.866. The summed E-state index contributed by atoms with van der Waals surface area (Å²) in [6.07, 6.45) is 2.08. The maximum Gasteiger partial charge on any atom is 0.244 e. The number of sulfonamides is 1. The maximum atomic E-state index is 13.7. The van der Waals surface area contributed by atoms with Gasteiger partial charge in [0.05, 0.1) is 11.9 Å². The van der Waals surface area contributed by atoms with E-state index in [0.29, 0.717) is 27.7 Å². The molecule has 0 aliphatic rings. The van der Waals surface area contributed by atoms with Crippen molar-refractivity contribution in [3.8, 4) is 0 Å². The van der Waals surface area contributed by atoms with Gasteiger partial charge in [-0.25, -0.2) is 8.42 Å². The van der Waals surface area contributed by atoms with Gasteiger partial charge in [0.15, 0.2) is 0 Å². The Hall–Kier alpha value is -1.56. The van der Waals surface area contributed by atoms with Crippen molar-refractivity contribution in [1.82, 2.24) is 10.2 Å². The SMILES string of the molecule is CC[C@@H](C)NC(=O)[C@@H](CC)N(Cc1c(Cl)cccc1Cl)C(=O)CN(c1ccc(I)cc1)S(C)(=O)=O. The minimum absolute atomic E-state index is 0.0476. The fourth-order valence-electron chi connectivity index (χ4n) is 3.44. The fraction of sp³-hybridized carbons (Fsp3) is 0.417. The fourth-order valence-corrected chi connectivity index (χ4v) is 5.16. The van der Waals surface area contributed by atoms with Crippen LogP contribution in [0.15, 0.2) is 42.5 Å². The Labute approximate surface area is 231 Å². The second-order valence-corrected chi connectivity index (χ2v) is 12.2. The lowest BCUT2D eigenvalue weighted by atomic mass is 10.1. The summed E-state index contributed by atoms with van der Waals surface area (Å²) in [5.41, 5.74) is 0.841. The summed E-state index contributed by atoms with van der Waals surface area (Å²) in [4.78, 5) is 28.2. The lowest BCUT2D eigenvalue weighted by Crippen LogP contribution is -2.53. The van der Waals surface area contributed by atoms with Gasteiger partial charge < -0.3 is 10.2 Å². The zero-order valence-electron chi connectivity index (χ0n) is 20.1. The molecular formula is C24H30Cl2IN3O4S. The van der Waals surface area contributed by atoms with Gasteiger partial charge in [0.2, 0.25) is 21.8 Å². The molecule has 2 amide bonds. The summed E-state index contributed by atoms with van der Waals surface area (Å²) in [6, 6.07) is 10.9. The van der Waals surface area contributed by atoms with E-state index in [4.69, 9.17) is 23.2 Å². The van der Waals surface area contributed by atoms with Crippen LogP contribution in [0.25, 0.3) is 0 Å². The molecule has 0 aliphatic heterocycles. The third-order valence-electron chi connectivity index (χ3n) is 5.57. The highest BCUT2D eigenvalue weighted by Gasteiger charge is 2.32. The number of nitrogens with zero attached hydrogens (tertiary/aromatic N) is 2.